The van der Waals surface area contributed by atoms with Gasteiger partial charge in [0.15, 0.2) is 4.47 Å². The summed E-state index contributed by atoms with van der Waals surface area (Å²) in [6.07, 6.45) is 3.60. The van der Waals surface area contributed by atoms with Crippen LogP contribution in [0.4, 0.5) is 10.1 Å². The molecule has 2 aromatic heterocycles. The van der Waals surface area contributed by atoms with Crippen LogP contribution in [0.15, 0.2) is 54.9 Å². The van der Waals surface area contributed by atoms with Crippen molar-refractivity contribution < 1.29 is 4.39 Å². The van der Waals surface area contributed by atoms with Gasteiger partial charge < -0.3 is 5.32 Å². The fourth-order valence-corrected chi connectivity index (χ4v) is 3.60. The Morgan fingerprint density at radius 2 is 2.08 bits per heavy atom. The normalized spacial score (nSPS) is 11.1. The molecule has 0 aliphatic carbocycles. The van der Waals surface area contributed by atoms with Crippen LogP contribution in [-0.2, 0) is 13.1 Å². The zero-order valence-electron chi connectivity index (χ0n) is 13.1. The monoisotopic (exact) mass is 372 g/mol. The first-order valence-corrected chi connectivity index (χ1v) is 8.91. The lowest BCUT2D eigenvalue weighted by atomic mass is 10.2. The summed E-state index contributed by atoms with van der Waals surface area (Å²) in [6, 6.07) is 12.7. The molecule has 0 saturated heterocycles. The molecule has 0 spiro atoms. The van der Waals surface area contributed by atoms with Crippen molar-refractivity contribution in [2.75, 3.05) is 5.32 Å². The molecule has 4 nitrogen and oxygen atoms in total. The van der Waals surface area contributed by atoms with Gasteiger partial charge in [-0.1, -0.05) is 23.7 Å². The van der Waals surface area contributed by atoms with Crippen LogP contribution < -0.4 is 5.32 Å². The van der Waals surface area contributed by atoms with Crippen LogP contribution in [0.2, 0.25) is 4.47 Å². The van der Waals surface area contributed by atoms with Gasteiger partial charge in [0.1, 0.15) is 5.82 Å². The third-order valence-corrected chi connectivity index (χ3v) is 4.97. The summed E-state index contributed by atoms with van der Waals surface area (Å²) in [5.74, 6) is -0.233. The molecule has 2 aromatic carbocycles. The Hall–Kier alpha value is -2.44. The number of nitrogens with one attached hydrogen (secondary N) is 1. The minimum absolute atomic E-state index is 0.233. The number of benzene rings is 2. The van der Waals surface area contributed by atoms with E-state index in [1.807, 2.05) is 35.1 Å². The first-order valence-electron chi connectivity index (χ1n) is 7.71. The molecule has 0 fully saturated rings. The van der Waals surface area contributed by atoms with Crippen molar-refractivity contribution in [2.45, 2.75) is 13.1 Å². The number of hydrogen-bond acceptors (Lipinski definition) is 4. The fraction of sp³-hybridized carbons (Fsp3) is 0.111. The number of fused-ring (bicyclic) bond motifs is 1. The predicted octanol–water partition coefficient (Wildman–Crippen LogP) is 4.95. The Labute approximate surface area is 152 Å². The van der Waals surface area contributed by atoms with Gasteiger partial charge in [0.25, 0.3) is 0 Å². The second kappa shape index (κ2) is 6.82. The molecule has 0 unspecified atom stereocenters. The predicted molar refractivity (Wildman–Crippen MR) is 99.7 cm³/mol. The Bertz CT molecular complexity index is 1030. The summed E-state index contributed by atoms with van der Waals surface area (Å²) in [6.45, 7) is 1.21. The highest BCUT2D eigenvalue weighted by molar-refractivity contribution is 7.15. The highest BCUT2D eigenvalue weighted by Gasteiger charge is 2.06. The lowest BCUT2D eigenvalue weighted by Crippen LogP contribution is -2.02. The number of hydrogen-bond donors (Lipinski definition) is 1. The summed E-state index contributed by atoms with van der Waals surface area (Å²) < 4.78 is 15.8. The van der Waals surface area contributed by atoms with E-state index in [1.54, 1.807) is 12.3 Å². The number of nitrogens with zero attached hydrogens (tertiary/aromatic N) is 3. The van der Waals surface area contributed by atoms with E-state index in [0.29, 0.717) is 17.6 Å². The van der Waals surface area contributed by atoms with E-state index in [9.17, 15) is 4.39 Å². The molecule has 0 radical (unpaired) electrons. The van der Waals surface area contributed by atoms with Crippen LogP contribution in [0.3, 0.4) is 0 Å². The molecule has 4 rings (SSSR count). The maximum Gasteiger partial charge on any atom is 0.183 e. The summed E-state index contributed by atoms with van der Waals surface area (Å²) in [5, 5.41) is 8.81. The SMILES string of the molecule is Fc1cccc(Cn2ncc3cc(NCc4cnc(Cl)s4)ccc32)c1. The highest BCUT2D eigenvalue weighted by atomic mass is 35.5. The molecule has 126 valence electrons. The van der Waals surface area contributed by atoms with E-state index in [2.05, 4.69) is 15.4 Å². The van der Waals surface area contributed by atoms with Crippen LogP contribution in [0, 0.1) is 5.82 Å². The van der Waals surface area contributed by atoms with Crippen LogP contribution in [0.1, 0.15) is 10.4 Å². The molecule has 25 heavy (non-hydrogen) atoms. The van der Waals surface area contributed by atoms with E-state index in [-0.39, 0.29) is 5.82 Å². The van der Waals surface area contributed by atoms with Crippen molar-refractivity contribution in [1.29, 1.82) is 0 Å². The Kier molecular flexibility index (Phi) is 4.38. The molecule has 2 heterocycles. The Morgan fingerprint density at radius 3 is 2.88 bits per heavy atom. The average molecular weight is 373 g/mol. The van der Waals surface area contributed by atoms with Crippen LogP contribution >= 0.6 is 22.9 Å². The van der Waals surface area contributed by atoms with Gasteiger partial charge in [-0.2, -0.15) is 5.10 Å². The maximum atomic E-state index is 13.3. The molecular weight excluding hydrogens is 359 g/mol. The number of thiazole rings is 1. The maximum absolute atomic E-state index is 13.3. The first-order chi connectivity index (χ1) is 12.2. The largest absolute Gasteiger partial charge is 0.380 e. The smallest absolute Gasteiger partial charge is 0.183 e. The molecule has 0 aliphatic rings. The van der Waals surface area contributed by atoms with Gasteiger partial charge in [-0.05, 0) is 35.9 Å². The van der Waals surface area contributed by atoms with Gasteiger partial charge in [-0.3, -0.25) is 4.68 Å². The molecule has 0 atom stereocenters. The summed E-state index contributed by atoms with van der Waals surface area (Å²) in [4.78, 5) is 5.11. The van der Waals surface area contributed by atoms with Crippen LogP contribution in [-0.4, -0.2) is 14.8 Å². The van der Waals surface area contributed by atoms with Gasteiger partial charge in [0.05, 0.1) is 24.8 Å². The van der Waals surface area contributed by atoms with Gasteiger partial charge in [0, 0.05) is 22.1 Å². The van der Waals surface area contributed by atoms with Gasteiger partial charge in [-0.25, -0.2) is 9.37 Å². The van der Waals surface area contributed by atoms with E-state index in [4.69, 9.17) is 11.6 Å². The number of aromatic nitrogens is 3. The van der Waals surface area contributed by atoms with Crippen molar-refractivity contribution in [2.24, 2.45) is 0 Å². The molecule has 0 aliphatic heterocycles. The molecule has 0 amide bonds. The topological polar surface area (TPSA) is 42.7 Å². The molecule has 1 N–H and O–H groups in total. The molecule has 4 aromatic rings. The number of halogens is 2. The summed E-state index contributed by atoms with van der Waals surface area (Å²) in [7, 11) is 0. The van der Waals surface area contributed by atoms with E-state index < -0.39 is 0 Å². The molecule has 7 heteroatoms. The van der Waals surface area contributed by atoms with Crippen LogP contribution in [0.25, 0.3) is 10.9 Å². The molecular formula is C18H14ClFN4S. The minimum Gasteiger partial charge on any atom is -0.380 e. The quantitative estimate of drug-likeness (QED) is 0.539. The lowest BCUT2D eigenvalue weighted by Gasteiger charge is -2.07. The first kappa shape index (κ1) is 16.1. The van der Waals surface area contributed by atoms with Crippen molar-refractivity contribution >= 4 is 39.5 Å². The highest BCUT2D eigenvalue weighted by Crippen LogP contribution is 2.22. The third-order valence-electron chi connectivity index (χ3n) is 3.86. The third kappa shape index (κ3) is 3.65. The lowest BCUT2D eigenvalue weighted by molar-refractivity contribution is 0.621. The Balaban J connectivity index is 1.52. The van der Waals surface area contributed by atoms with Crippen molar-refractivity contribution in [3.63, 3.8) is 0 Å². The number of rotatable bonds is 5. The Morgan fingerprint density at radius 1 is 1.16 bits per heavy atom. The van der Waals surface area contributed by atoms with E-state index in [0.717, 1.165) is 27.0 Å². The van der Waals surface area contributed by atoms with Crippen molar-refractivity contribution in [3.05, 3.63) is 75.6 Å². The summed E-state index contributed by atoms with van der Waals surface area (Å²) in [5.41, 5.74) is 2.90. The standard InChI is InChI=1S/C18H14ClFN4S/c19-18-22-10-16(25-18)9-21-15-4-5-17-13(7-15)8-23-24(17)11-12-2-1-3-14(20)6-12/h1-8,10,21H,9,11H2. The second-order valence-corrected chi connectivity index (χ2v) is 7.34. The van der Waals surface area contributed by atoms with Crippen LogP contribution in [0.5, 0.6) is 0 Å². The van der Waals surface area contributed by atoms with Crippen molar-refractivity contribution in [3.8, 4) is 0 Å². The van der Waals surface area contributed by atoms with Gasteiger partial charge in [0.2, 0.25) is 0 Å². The fourth-order valence-electron chi connectivity index (χ4n) is 2.69. The van der Waals surface area contributed by atoms with Gasteiger partial charge in [-0.15, -0.1) is 11.3 Å². The zero-order chi connectivity index (χ0) is 17.2. The average Bonchev–Trinajstić information content (AvgIpc) is 3.19. The van der Waals surface area contributed by atoms with E-state index >= 15 is 0 Å². The second-order valence-electron chi connectivity index (χ2n) is 5.64. The molecule has 0 bridgehead atoms. The minimum atomic E-state index is -0.233. The molecule has 0 saturated carbocycles. The van der Waals surface area contributed by atoms with Gasteiger partial charge >= 0.3 is 0 Å². The number of anilines is 1. The van der Waals surface area contributed by atoms with E-state index in [1.165, 1.54) is 23.5 Å². The summed E-state index contributed by atoms with van der Waals surface area (Å²) >= 11 is 7.31. The zero-order valence-corrected chi connectivity index (χ0v) is 14.7. The van der Waals surface area contributed by atoms with Crippen molar-refractivity contribution in [1.82, 2.24) is 14.8 Å².